The fourth-order valence-electron chi connectivity index (χ4n) is 7.36. The lowest BCUT2D eigenvalue weighted by atomic mass is 10.1. The first-order valence-corrected chi connectivity index (χ1v) is 18.5. The molecule has 4 N–H and O–H groups in total. The lowest BCUT2D eigenvalue weighted by Crippen LogP contribution is -2.47. The third kappa shape index (κ3) is 11.2. The smallest absolute Gasteiger partial charge is 0.412 e. The fourth-order valence-corrected chi connectivity index (χ4v) is 7.36. The highest BCUT2D eigenvalue weighted by Crippen LogP contribution is 2.33. The van der Waals surface area contributed by atoms with Gasteiger partial charge in [0.05, 0.1) is 33.2 Å². The second-order valence-electron chi connectivity index (χ2n) is 14.0. The highest BCUT2D eigenvalue weighted by molar-refractivity contribution is 5.85. The molecule has 0 bridgehead atoms. The van der Waals surface area contributed by atoms with E-state index in [9.17, 15) is 35.9 Å². The second-order valence-corrected chi connectivity index (χ2v) is 14.0. The largest absolute Gasteiger partial charge is 0.416 e. The molecule has 4 aromatic carbocycles. The first kappa shape index (κ1) is 46.7. The molecular weight excluding hydrogens is 825 g/mol. The van der Waals surface area contributed by atoms with Crippen molar-refractivity contribution in [2.45, 2.75) is 25.4 Å². The standard InChI is InChI=1S/2C20H21F3N4O.2ClH.H2O/c2*21-20(22,23)15-4-3-5-16(14-15)26-11-8-25(9-12-26)10-13-27-18-7-2-1-6-17(18)24-19(27)28;;;/h2*1-7,14H,8-13H2,(H,24,28);2*1H;1H2. The first-order chi connectivity index (χ1) is 26.8. The van der Waals surface area contributed by atoms with Crippen molar-refractivity contribution in [3.8, 4) is 0 Å². The van der Waals surface area contributed by atoms with Crippen molar-refractivity contribution < 1.29 is 31.8 Å². The molecule has 2 saturated heterocycles. The Morgan fingerprint density at radius 2 is 0.831 bits per heavy atom. The Hall–Kier alpha value is -4.94. The van der Waals surface area contributed by atoms with E-state index in [0.717, 1.165) is 73.5 Å². The van der Waals surface area contributed by atoms with Crippen LogP contribution in [-0.4, -0.2) is 99.8 Å². The van der Waals surface area contributed by atoms with E-state index >= 15 is 0 Å². The van der Waals surface area contributed by atoms with Crippen LogP contribution in [-0.2, 0) is 25.4 Å². The Balaban J connectivity index is 0.000000248. The second kappa shape index (κ2) is 19.9. The number of H-pyrrole nitrogens is 2. The maximum atomic E-state index is 12.9. The first-order valence-electron chi connectivity index (χ1n) is 18.5. The number of imidazole rings is 2. The predicted molar refractivity (Wildman–Crippen MR) is 223 cm³/mol. The van der Waals surface area contributed by atoms with Gasteiger partial charge in [0.1, 0.15) is 0 Å². The van der Waals surface area contributed by atoms with Gasteiger partial charge in [0.25, 0.3) is 0 Å². The summed E-state index contributed by atoms with van der Waals surface area (Å²) < 4.78 is 81.0. The number of piperazine rings is 2. The summed E-state index contributed by atoms with van der Waals surface area (Å²) in [6.45, 7) is 8.19. The van der Waals surface area contributed by atoms with Gasteiger partial charge in [-0.05, 0) is 60.7 Å². The maximum Gasteiger partial charge on any atom is 0.416 e. The molecule has 19 heteroatoms. The van der Waals surface area contributed by atoms with Crippen LogP contribution in [0.4, 0.5) is 37.7 Å². The van der Waals surface area contributed by atoms with Gasteiger partial charge in [0.15, 0.2) is 0 Å². The molecule has 4 heterocycles. The predicted octanol–water partition coefficient (Wildman–Crippen LogP) is 6.36. The molecule has 0 atom stereocenters. The van der Waals surface area contributed by atoms with E-state index in [1.165, 1.54) is 24.3 Å². The van der Waals surface area contributed by atoms with Crippen molar-refractivity contribution in [1.82, 2.24) is 28.9 Å². The quantitative estimate of drug-likeness (QED) is 0.172. The molecule has 11 nitrogen and oxygen atoms in total. The molecule has 2 aliphatic rings. The molecule has 0 spiro atoms. The normalized spacial score (nSPS) is 15.2. The van der Waals surface area contributed by atoms with Gasteiger partial charge in [0.2, 0.25) is 0 Å². The van der Waals surface area contributed by atoms with E-state index < -0.39 is 23.5 Å². The van der Waals surface area contributed by atoms with Crippen LogP contribution in [0.1, 0.15) is 11.1 Å². The van der Waals surface area contributed by atoms with Crippen molar-refractivity contribution in [3.05, 3.63) is 129 Å². The van der Waals surface area contributed by atoms with Crippen LogP contribution in [0.3, 0.4) is 0 Å². The Labute approximate surface area is 347 Å². The average molecular weight is 872 g/mol. The molecule has 0 amide bonds. The molecule has 0 aliphatic carbocycles. The van der Waals surface area contributed by atoms with E-state index in [1.807, 2.05) is 58.3 Å². The number of aromatic amines is 2. The highest BCUT2D eigenvalue weighted by Gasteiger charge is 2.32. The number of nitrogens with one attached hydrogen (secondary N) is 2. The lowest BCUT2D eigenvalue weighted by molar-refractivity contribution is -0.138. The molecule has 2 aromatic heterocycles. The molecule has 6 aromatic rings. The number of alkyl halides is 6. The van der Waals surface area contributed by atoms with Gasteiger partial charge >= 0.3 is 23.7 Å². The summed E-state index contributed by atoms with van der Waals surface area (Å²) >= 11 is 0. The number of nitrogens with zero attached hydrogens (tertiary/aromatic N) is 6. The summed E-state index contributed by atoms with van der Waals surface area (Å²) in [5, 5.41) is 0. The zero-order valence-corrected chi connectivity index (χ0v) is 33.4. The molecule has 0 saturated carbocycles. The third-order valence-electron chi connectivity index (χ3n) is 10.5. The van der Waals surface area contributed by atoms with Crippen molar-refractivity contribution in [1.29, 1.82) is 0 Å². The number of hydrogen-bond donors (Lipinski definition) is 2. The summed E-state index contributed by atoms with van der Waals surface area (Å²) in [7, 11) is 0. The summed E-state index contributed by atoms with van der Waals surface area (Å²) in [5.74, 6) is 0. The highest BCUT2D eigenvalue weighted by atomic mass is 35.5. The van der Waals surface area contributed by atoms with Gasteiger partial charge in [-0.1, -0.05) is 36.4 Å². The van der Waals surface area contributed by atoms with Crippen LogP contribution < -0.4 is 21.2 Å². The zero-order valence-electron chi connectivity index (χ0n) is 31.8. The van der Waals surface area contributed by atoms with E-state index in [0.29, 0.717) is 50.6 Å². The van der Waals surface area contributed by atoms with Crippen LogP contribution in [0.15, 0.2) is 107 Å². The number of hydrogen-bond acceptors (Lipinski definition) is 6. The maximum absolute atomic E-state index is 12.9. The topological polar surface area (TPSA) is 120 Å². The molecule has 320 valence electrons. The van der Waals surface area contributed by atoms with E-state index in [2.05, 4.69) is 19.8 Å². The van der Waals surface area contributed by atoms with Crippen molar-refractivity contribution in [3.63, 3.8) is 0 Å². The van der Waals surface area contributed by atoms with Crippen molar-refractivity contribution in [2.75, 3.05) is 75.2 Å². The van der Waals surface area contributed by atoms with Crippen LogP contribution in [0.2, 0.25) is 0 Å². The zero-order chi connectivity index (χ0) is 39.5. The number of fused-ring (bicyclic) bond motifs is 2. The molecule has 8 rings (SSSR count). The minimum absolute atomic E-state index is 0. The van der Waals surface area contributed by atoms with Crippen LogP contribution >= 0.6 is 24.8 Å². The summed E-state index contributed by atoms with van der Waals surface area (Å²) in [5.41, 5.74) is 3.13. The summed E-state index contributed by atoms with van der Waals surface area (Å²) in [6.07, 6.45) is -8.66. The Bertz CT molecular complexity index is 2210. The SMILES string of the molecule is Cl.Cl.O.O=c1[nH]c2ccccc2n1CCN1CCN(c2cccc(C(F)(F)F)c2)CC1.O=c1[nH]c2ccccc2n1CCN1CCN(c2cccc(C(F)(F)F)c2)CC1. The van der Waals surface area contributed by atoms with E-state index in [-0.39, 0.29) is 41.7 Å². The van der Waals surface area contributed by atoms with Crippen molar-refractivity contribution >= 4 is 58.3 Å². The Kier molecular flexibility index (Phi) is 15.7. The average Bonchev–Trinajstić information content (AvgIpc) is 3.70. The Morgan fingerprint density at radius 3 is 1.19 bits per heavy atom. The number of para-hydroxylation sites is 4. The molecule has 59 heavy (non-hydrogen) atoms. The molecule has 0 unspecified atom stereocenters. The number of anilines is 2. The summed E-state index contributed by atoms with van der Waals surface area (Å²) in [4.78, 5) is 38.4. The van der Waals surface area contributed by atoms with Crippen molar-refractivity contribution in [2.24, 2.45) is 0 Å². The van der Waals surface area contributed by atoms with Crippen LogP contribution in [0.5, 0.6) is 0 Å². The van der Waals surface area contributed by atoms with Gasteiger partial charge in [0, 0.05) is 89.9 Å². The van der Waals surface area contributed by atoms with Crippen LogP contribution in [0.25, 0.3) is 22.1 Å². The van der Waals surface area contributed by atoms with Gasteiger partial charge in [-0.25, -0.2) is 9.59 Å². The van der Waals surface area contributed by atoms with Gasteiger partial charge in [-0.3, -0.25) is 18.9 Å². The van der Waals surface area contributed by atoms with Gasteiger partial charge in [-0.2, -0.15) is 26.3 Å². The monoisotopic (exact) mass is 870 g/mol. The molecule has 2 fully saturated rings. The molecular formula is C40H46Cl2F6N8O3. The number of aromatic nitrogens is 4. The molecule has 0 radical (unpaired) electrons. The van der Waals surface area contributed by atoms with Gasteiger partial charge in [-0.15, -0.1) is 24.8 Å². The minimum Gasteiger partial charge on any atom is -0.412 e. The summed E-state index contributed by atoms with van der Waals surface area (Å²) in [6, 6.07) is 26.1. The lowest BCUT2D eigenvalue weighted by Gasteiger charge is -2.36. The Morgan fingerprint density at radius 1 is 0.475 bits per heavy atom. The third-order valence-corrected chi connectivity index (χ3v) is 10.5. The van der Waals surface area contributed by atoms with Crippen LogP contribution in [0, 0.1) is 0 Å². The minimum atomic E-state index is -4.33. The number of benzene rings is 4. The van der Waals surface area contributed by atoms with E-state index in [4.69, 9.17) is 0 Å². The number of halogens is 8. The van der Waals surface area contributed by atoms with Gasteiger partial charge < -0.3 is 25.2 Å². The fraction of sp³-hybridized carbons (Fsp3) is 0.350. The number of rotatable bonds is 8. The van der Waals surface area contributed by atoms with E-state index in [1.54, 1.807) is 21.3 Å². The molecule has 2 aliphatic heterocycles.